The first kappa shape index (κ1) is 15.1. The Balaban J connectivity index is 2.13. The molecular weight excluding hydrogens is 248 g/mol. The predicted octanol–water partition coefficient (Wildman–Crippen LogP) is 3.48. The van der Waals surface area contributed by atoms with Crippen molar-refractivity contribution in [3.05, 3.63) is 11.9 Å². The predicted molar refractivity (Wildman–Crippen MR) is 85.3 cm³/mol. The second-order valence-electron chi connectivity index (χ2n) is 6.12. The molecule has 0 aliphatic carbocycles. The van der Waals surface area contributed by atoms with Crippen molar-refractivity contribution in [2.75, 3.05) is 29.9 Å². The first-order valence-electron chi connectivity index (χ1n) is 7.93. The summed E-state index contributed by atoms with van der Waals surface area (Å²) < 4.78 is 0. The van der Waals surface area contributed by atoms with Gasteiger partial charge in [0.1, 0.15) is 18.0 Å². The Bertz CT molecular complexity index is 430. The standard InChI is InChI=1S/C16H28N4/c1-5-17-15-13(4)16(19-11-18-15)20-9-6-7-14(8-10-20)12(2)3/h11-12,14H,5-10H2,1-4H3,(H,17,18,19). The molecule has 112 valence electrons. The molecule has 1 unspecified atom stereocenters. The lowest BCUT2D eigenvalue weighted by Gasteiger charge is -2.24. The zero-order valence-corrected chi connectivity index (χ0v) is 13.3. The van der Waals surface area contributed by atoms with Crippen molar-refractivity contribution >= 4 is 11.6 Å². The van der Waals surface area contributed by atoms with Gasteiger partial charge in [-0.25, -0.2) is 9.97 Å². The van der Waals surface area contributed by atoms with Gasteiger partial charge in [0.2, 0.25) is 0 Å². The van der Waals surface area contributed by atoms with E-state index in [1.165, 1.54) is 24.8 Å². The van der Waals surface area contributed by atoms with Crippen LogP contribution in [0.15, 0.2) is 6.33 Å². The maximum Gasteiger partial charge on any atom is 0.137 e. The molecule has 0 spiro atoms. The van der Waals surface area contributed by atoms with Gasteiger partial charge in [0, 0.05) is 25.2 Å². The van der Waals surface area contributed by atoms with Gasteiger partial charge in [0.05, 0.1) is 0 Å². The second-order valence-corrected chi connectivity index (χ2v) is 6.12. The highest BCUT2D eigenvalue weighted by atomic mass is 15.2. The summed E-state index contributed by atoms with van der Waals surface area (Å²) in [6.07, 6.45) is 5.57. The van der Waals surface area contributed by atoms with Crippen LogP contribution in [0.25, 0.3) is 0 Å². The monoisotopic (exact) mass is 276 g/mol. The Hall–Kier alpha value is -1.32. The van der Waals surface area contributed by atoms with Gasteiger partial charge < -0.3 is 10.2 Å². The molecule has 1 aromatic heterocycles. The molecule has 4 nitrogen and oxygen atoms in total. The lowest BCUT2D eigenvalue weighted by Crippen LogP contribution is -2.27. The molecule has 0 bridgehead atoms. The SMILES string of the molecule is CCNc1ncnc(N2CCCC(C(C)C)CC2)c1C. The molecular formula is C16H28N4. The van der Waals surface area contributed by atoms with Crippen LogP contribution in [0.1, 0.15) is 45.6 Å². The van der Waals surface area contributed by atoms with E-state index in [1.54, 1.807) is 6.33 Å². The van der Waals surface area contributed by atoms with E-state index in [-0.39, 0.29) is 0 Å². The van der Waals surface area contributed by atoms with Crippen LogP contribution in [-0.2, 0) is 0 Å². The topological polar surface area (TPSA) is 41.1 Å². The van der Waals surface area contributed by atoms with E-state index in [0.717, 1.165) is 43.1 Å². The molecule has 1 N–H and O–H groups in total. The molecule has 2 heterocycles. The highest BCUT2D eigenvalue weighted by Crippen LogP contribution is 2.29. The molecule has 2 rings (SSSR count). The molecule has 1 aromatic rings. The molecule has 0 aromatic carbocycles. The second kappa shape index (κ2) is 6.91. The van der Waals surface area contributed by atoms with Gasteiger partial charge in [-0.3, -0.25) is 0 Å². The van der Waals surface area contributed by atoms with Crippen LogP contribution >= 0.6 is 0 Å². The van der Waals surface area contributed by atoms with Crippen molar-refractivity contribution in [3.63, 3.8) is 0 Å². The van der Waals surface area contributed by atoms with Gasteiger partial charge in [-0.1, -0.05) is 13.8 Å². The average Bonchev–Trinajstić information content (AvgIpc) is 2.67. The number of nitrogens with zero attached hydrogens (tertiary/aromatic N) is 3. The molecule has 1 aliphatic heterocycles. The Labute approximate surface area is 123 Å². The summed E-state index contributed by atoms with van der Waals surface area (Å²) in [5.74, 6) is 3.73. The summed E-state index contributed by atoms with van der Waals surface area (Å²) in [6, 6.07) is 0. The molecule has 0 saturated carbocycles. The largest absolute Gasteiger partial charge is 0.370 e. The fourth-order valence-electron chi connectivity index (χ4n) is 3.11. The minimum absolute atomic E-state index is 0.791. The van der Waals surface area contributed by atoms with Crippen molar-refractivity contribution in [1.29, 1.82) is 0 Å². The third-order valence-corrected chi connectivity index (χ3v) is 4.42. The molecule has 20 heavy (non-hydrogen) atoms. The summed E-state index contributed by atoms with van der Waals surface area (Å²) in [5, 5.41) is 3.32. The third kappa shape index (κ3) is 3.41. The van der Waals surface area contributed by atoms with Gasteiger partial charge in [0.15, 0.2) is 0 Å². The Kier molecular flexibility index (Phi) is 5.21. The first-order chi connectivity index (χ1) is 9.63. The van der Waals surface area contributed by atoms with E-state index in [4.69, 9.17) is 0 Å². The summed E-state index contributed by atoms with van der Waals surface area (Å²) >= 11 is 0. The normalized spacial score (nSPS) is 20.1. The van der Waals surface area contributed by atoms with E-state index in [1.807, 2.05) is 0 Å². The van der Waals surface area contributed by atoms with Gasteiger partial charge in [-0.15, -0.1) is 0 Å². The van der Waals surface area contributed by atoms with Crippen molar-refractivity contribution in [1.82, 2.24) is 9.97 Å². The zero-order valence-electron chi connectivity index (χ0n) is 13.3. The first-order valence-corrected chi connectivity index (χ1v) is 7.93. The van der Waals surface area contributed by atoms with Crippen molar-refractivity contribution < 1.29 is 0 Å². The van der Waals surface area contributed by atoms with Crippen molar-refractivity contribution in [3.8, 4) is 0 Å². The number of aromatic nitrogens is 2. The fraction of sp³-hybridized carbons (Fsp3) is 0.750. The smallest absolute Gasteiger partial charge is 0.137 e. The summed E-state index contributed by atoms with van der Waals surface area (Å²) in [5.41, 5.74) is 1.18. The quantitative estimate of drug-likeness (QED) is 0.914. The van der Waals surface area contributed by atoms with Gasteiger partial charge in [-0.05, 0) is 44.9 Å². The number of anilines is 2. The van der Waals surface area contributed by atoms with E-state index in [2.05, 4.69) is 47.9 Å². The highest BCUT2D eigenvalue weighted by Gasteiger charge is 2.21. The van der Waals surface area contributed by atoms with E-state index < -0.39 is 0 Å². The van der Waals surface area contributed by atoms with E-state index in [9.17, 15) is 0 Å². The van der Waals surface area contributed by atoms with Crippen LogP contribution in [0.2, 0.25) is 0 Å². The minimum Gasteiger partial charge on any atom is -0.370 e. The molecule has 0 amide bonds. The fourth-order valence-corrected chi connectivity index (χ4v) is 3.11. The van der Waals surface area contributed by atoms with Crippen molar-refractivity contribution in [2.24, 2.45) is 11.8 Å². The third-order valence-electron chi connectivity index (χ3n) is 4.42. The van der Waals surface area contributed by atoms with Crippen LogP contribution in [0.3, 0.4) is 0 Å². The highest BCUT2D eigenvalue weighted by molar-refractivity contribution is 5.57. The van der Waals surface area contributed by atoms with Crippen LogP contribution < -0.4 is 10.2 Å². The number of rotatable bonds is 4. The lowest BCUT2D eigenvalue weighted by molar-refractivity contribution is 0.351. The molecule has 1 saturated heterocycles. The average molecular weight is 276 g/mol. The zero-order chi connectivity index (χ0) is 14.5. The van der Waals surface area contributed by atoms with Gasteiger partial charge >= 0.3 is 0 Å². The summed E-state index contributed by atoms with van der Waals surface area (Å²) in [4.78, 5) is 11.3. The lowest BCUT2D eigenvalue weighted by atomic mass is 9.89. The van der Waals surface area contributed by atoms with E-state index >= 15 is 0 Å². The van der Waals surface area contributed by atoms with Crippen LogP contribution in [0.5, 0.6) is 0 Å². The Morgan fingerprint density at radius 3 is 2.80 bits per heavy atom. The molecule has 1 fully saturated rings. The Morgan fingerprint density at radius 2 is 2.10 bits per heavy atom. The molecule has 1 aliphatic rings. The molecule has 0 radical (unpaired) electrons. The number of nitrogens with one attached hydrogen (secondary N) is 1. The van der Waals surface area contributed by atoms with Gasteiger partial charge in [-0.2, -0.15) is 0 Å². The van der Waals surface area contributed by atoms with E-state index in [0.29, 0.717) is 0 Å². The maximum atomic E-state index is 4.53. The number of hydrogen-bond donors (Lipinski definition) is 1. The molecule has 4 heteroatoms. The summed E-state index contributed by atoms with van der Waals surface area (Å²) in [6.45, 7) is 12.0. The minimum atomic E-state index is 0.791. The van der Waals surface area contributed by atoms with Gasteiger partial charge in [0.25, 0.3) is 0 Å². The van der Waals surface area contributed by atoms with Crippen molar-refractivity contribution in [2.45, 2.75) is 47.0 Å². The summed E-state index contributed by atoms with van der Waals surface area (Å²) in [7, 11) is 0. The Morgan fingerprint density at radius 1 is 1.30 bits per heavy atom. The van der Waals surface area contributed by atoms with Crippen LogP contribution in [0, 0.1) is 18.8 Å². The van der Waals surface area contributed by atoms with Crippen LogP contribution in [-0.4, -0.2) is 29.6 Å². The number of hydrogen-bond acceptors (Lipinski definition) is 4. The van der Waals surface area contributed by atoms with Crippen LogP contribution in [0.4, 0.5) is 11.6 Å². The molecule has 1 atom stereocenters. The maximum absolute atomic E-state index is 4.53.